The molecule has 1 fully saturated rings. The predicted molar refractivity (Wildman–Crippen MR) is 155 cm³/mol. The van der Waals surface area contributed by atoms with Crippen LogP contribution in [0.5, 0.6) is 5.88 Å². The summed E-state index contributed by atoms with van der Waals surface area (Å²) in [6.45, 7) is 7.56. The van der Waals surface area contributed by atoms with E-state index in [4.69, 9.17) is 9.38 Å². The number of hydrogen-bond donors (Lipinski definition) is 3. The highest BCUT2D eigenvalue weighted by Gasteiger charge is 2.25. The van der Waals surface area contributed by atoms with E-state index in [-0.39, 0.29) is 23.7 Å². The molecule has 0 radical (unpaired) electrons. The number of aromatic hydroxyl groups is 1. The molecule has 2 aliphatic rings. The molecule has 0 bridgehead atoms. The third-order valence-electron chi connectivity index (χ3n) is 7.05. The number of pyridine rings is 1. The summed E-state index contributed by atoms with van der Waals surface area (Å²) in [4.78, 5) is 28.2. The summed E-state index contributed by atoms with van der Waals surface area (Å²) in [7, 11) is 0. The molecule has 2 atom stereocenters. The molecule has 40 heavy (non-hydrogen) atoms. The van der Waals surface area contributed by atoms with E-state index in [1.165, 1.54) is 30.8 Å². The highest BCUT2D eigenvalue weighted by molar-refractivity contribution is 7.99. The van der Waals surface area contributed by atoms with Crippen LogP contribution in [0.25, 0.3) is 16.9 Å². The monoisotopic (exact) mass is 560 g/mol. The number of imidazole rings is 1. The van der Waals surface area contributed by atoms with Gasteiger partial charge in [0, 0.05) is 49.2 Å². The lowest BCUT2D eigenvalue weighted by Gasteiger charge is -2.30. The maximum Gasteiger partial charge on any atom is 0.246 e. The van der Waals surface area contributed by atoms with Gasteiger partial charge in [0.15, 0.2) is 11.5 Å². The van der Waals surface area contributed by atoms with Crippen molar-refractivity contribution in [3.63, 3.8) is 0 Å². The lowest BCUT2D eigenvalue weighted by atomic mass is 10.00. The second-order valence-corrected chi connectivity index (χ2v) is 11.5. The molecule has 0 aromatic carbocycles. The van der Waals surface area contributed by atoms with Crippen LogP contribution in [-0.2, 0) is 11.3 Å². The summed E-state index contributed by atoms with van der Waals surface area (Å²) in [5.41, 5.74) is 4.99. The Morgan fingerprint density at radius 2 is 2.10 bits per heavy atom. The van der Waals surface area contributed by atoms with Gasteiger partial charge in [-0.25, -0.2) is 19.3 Å². The number of carbonyl (C=O) groups excluding carboxylic acids is 1. The highest BCUT2D eigenvalue weighted by Crippen LogP contribution is 2.30. The summed E-state index contributed by atoms with van der Waals surface area (Å²) in [6.07, 6.45) is 12.1. The fraction of sp³-hybridized carbons (Fsp3) is 0.407. The van der Waals surface area contributed by atoms with E-state index in [2.05, 4.69) is 37.5 Å². The first kappa shape index (κ1) is 26.3. The first-order valence-corrected chi connectivity index (χ1v) is 14.3. The molecule has 208 valence electrons. The standard InChI is InChI=1S/C27H32N10O2S/c1-17-4-3-7-35(12-17)15-21-8-25(40-34-21)33-26-27-29-11-22(37(27)13-18(2)31-26)19-9-30-36(14-19)16-24(39)32-20-5-6-23(38)28-10-20/h5-6,9-11,13-14,17,25H,3-4,7-8,12,15-16H2,1-2H3,(H,28,38)(H,31,33)(H,32,39). The number of fused-ring (bicyclic) bond motifs is 1. The third kappa shape index (κ3) is 5.94. The average molecular weight is 561 g/mol. The maximum atomic E-state index is 12.5. The van der Waals surface area contributed by atoms with Crippen molar-refractivity contribution in [3.8, 4) is 17.1 Å². The van der Waals surface area contributed by atoms with Crippen LogP contribution in [-0.4, -0.2) is 75.8 Å². The molecule has 0 saturated carbocycles. The molecule has 6 heterocycles. The van der Waals surface area contributed by atoms with Crippen LogP contribution in [0, 0.1) is 12.8 Å². The number of aryl methyl sites for hydroxylation is 1. The number of rotatable bonds is 8. The van der Waals surface area contributed by atoms with Crippen molar-refractivity contribution in [1.82, 2.24) is 34.0 Å². The number of nitrogens with zero attached hydrogens (tertiary/aromatic N) is 8. The zero-order valence-corrected chi connectivity index (χ0v) is 23.3. The largest absolute Gasteiger partial charge is 0.493 e. The maximum absolute atomic E-state index is 12.5. The lowest BCUT2D eigenvalue weighted by molar-refractivity contribution is -0.116. The van der Waals surface area contributed by atoms with E-state index in [0.717, 1.165) is 60.4 Å². The van der Waals surface area contributed by atoms with Gasteiger partial charge in [0.05, 0.1) is 35.7 Å². The summed E-state index contributed by atoms with van der Waals surface area (Å²) < 4.78 is 8.34. The number of anilines is 2. The number of hydrogen-bond acceptors (Lipinski definition) is 10. The SMILES string of the molecule is Cc1cn2c(-c3cnn(CC(=O)Nc4ccc(O)nc4)c3)cnc2c(NC2CC(CN3CCCC(C)C3)=NS2)n1. The molecule has 13 heteroatoms. The first-order chi connectivity index (χ1) is 19.4. The van der Waals surface area contributed by atoms with Crippen LogP contribution < -0.4 is 10.6 Å². The van der Waals surface area contributed by atoms with Crippen molar-refractivity contribution in [2.75, 3.05) is 30.3 Å². The van der Waals surface area contributed by atoms with Crippen LogP contribution in [0.4, 0.5) is 11.5 Å². The Morgan fingerprint density at radius 1 is 1.20 bits per heavy atom. The van der Waals surface area contributed by atoms with Gasteiger partial charge in [0.2, 0.25) is 11.8 Å². The Balaban J connectivity index is 1.12. The molecule has 0 aliphatic carbocycles. The number of amides is 1. The van der Waals surface area contributed by atoms with Gasteiger partial charge >= 0.3 is 0 Å². The number of piperidine rings is 1. The van der Waals surface area contributed by atoms with Gasteiger partial charge in [-0.15, -0.1) is 0 Å². The minimum absolute atomic E-state index is 0.0303. The zero-order valence-electron chi connectivity index (χ0n) is 22.5. The molecular formula is C27H32N10O2S. The van der Waals surface area contributed by atoms with Crippen molar-refractivity contribution in [3.05, 3.63) is 48.8 Å². The molecular weight excluding hydrogens is 528 g/mol. The number of likely N-dealkylation sites (tertiary alicyclic amines) is 1. The fourth-order valence-electron chi connectivity index (χ4n) is 5.25. The summed E-state index contributed by atoms with van der Waals surface area (Å²) in [5, 5.41) is 20.1. The molecule has 6 rings (SSSR count). The number of carbonyl (C=O) groups is 1. The molecule has 1 amide bonds. The van der Waals surface area contributed by atoms with E-state index in [1.54, 1.807) is 35.1 Å². The average Bonchev–Trinajstić information content (AvgIpc) is 3.66. The summed E-state index contributed by atoms with van der Waals surface area (Å²) >= 11 is 1.57. The van der Waals surface area contributed by atoms with Gasteiger partial charge in [-0.1, -0.05) is 6.92 Å². The molecule has 4 aromatic rings. The summed E-state index contributed by atoms with van der Waals surface area (Å²) in [6, 6.07) is 3.00. The Kier molecular flexibility index (Phi) is 7.39. The zero-order chi connectivity index (χ0) is 27.6. The molecule has 4 aromatic heterocycles. The second kappa shape index (κ2) is 11.3. The Morgan fingerprint density at radius 3 is 2.92 bits per heavy atom. The summed E-state index contributed by atoms with van der Waals surface area (Å²) in [5.74, 6) is 1.12. The van der Waals surface area contributed by atoms with Crippen LogP contribution in [0.3, 0.4) is 0 Å². The Bertz CT molecular complexity index is 1550. The molecule has 2 unspecified atom stereocenters. The highest BCUT2D eigenvalue weighted by atomic mass is 32.2. The van der Waals surface area contributed by atoms with Crippen molar-refractivity contribution < 1.29 is 9.90 Å². The van der Waals surface area contributed by atoms with E-state index in [1.807, 2.05) is 23.7 Å². The second-order valence-electron chi connectivity index (χ2n) is 10.5. The van der Waals surface area contributed by atoms with E-state index < -0.39 is 0 Å². The Hall–Kier alpha value is -3.97. The topological polar surface area (TPSA) is 138 Å². The van der Waals surface area contributed by atoms with E-state index in [0.29, 0.717) is 5.69 Å². The normalized spacial score (nSPS) is 19.6. The molecule has 3 N–H and O–H groups in total. The van der Waals surface area contributed by atoms with Gasteiger partial charge in [0.25, 0.3) is 0 Å². The van der Waals surface area contributed by atoms with Crippen LogP contribution >= 0.6 is 11.9 Å². The quantitative estimate of drug-likeness (QED) is 0.276. The van der Waals surface area contributed by atoms with Gasteiger partial charge in [-0.05, 0) is 50.2 Å². The van der Waals surface area contributed by atoms with Gasteiger partial charge in [0.1, 0.15) is 11.9 Å². The van der Waals surface area contributed by atoms with Crippen LogP contribution in [0.15, 0.2) is 47.5 Å². The minimum atomic E-state index is -0.253. The van der Waals surface area contributed by atoms with E-state index in [9.17, 15) is 9.90 Å². The molecule has 1 saturated heterocycles. The van der Waals surface area contributed by atoms with Crippen molar-refractivity contribution in [2.45, 2.75) is 45.0 Å². The Labute approximate surface area is 236 Å². The third-order valence-corrected chi connectivity index (χ3v) is 7.96. The molecule has 0 spiro atoms. The lowest BCUT2D eigenvalue weighted by Crippen LogP contribution is -2.38. The number of nitrogens with one attached hydrogen (secondary N) is 2. The van der Waals surface area contributed by atoms with E-state index >= 15 is 0 Å². The molecule has 12 nitrogen and oxygen atoms in total. The van der Waals surface area contributed by atoms with Gasteiger partial charge < -0.3 is 15.7 Å². The van der Waals surface area contributed by atoms with Crippen molar-refractivity contribution in [2.24, 2.45) is 10.3 Å². The van der Waals surface area contributed by atoms with Crippen molar-refractivity contribution in [1.29, 1.82) is 0 Å². The fourth-order valence-corrected chi connectivity index (χ4v) is 6.09. The van der Waals surface area contributed by atoms with Crippen LogP contribution in [0.2, 0.25) is 0 Å². The van der Waals surface area contributed by atoms with Crippen LogP contribution in [0.1, 0.15) is 31.9 Å². The number of aromatic nitrogens is 6. The van der Waals surface area contributed by atoms with Gasteiger partial charge in [-0.2, -0.15) is 5.10 Å². The van der Waals surface area contributed by atoms with Gasteiger partial charge in [-0.3, -0.25) is 18.8 Å². The van der Waals surface area contributed by atoms with Crippen molar-refractivity contribution >= 4 is 40.7 Å². The predicted octanol–water partition coefficient (Wildman–Crippen LogP) is 3.60. The molecule has 2 aliphatic heterocycles. The first-order valence-electron chi connectivity index (χ1n) is 13.4. The minimum Gasteiger partial charge on any atom is -0.493 e. The smallest absolute Gasteiger partial charge is 0.246 e.